The zero-order valence-electron chi connectivity index (χ0n) is 19.2. The standard InChI is InChI=1S/C25H33N3O4/c1-30-14-4-11-26-25(29)22-15-18-5-8-21(32-3)16-23(18)28-13-12-27(17-24(22)28)19-6-9-20(31-2)10-7-19/h5-10,16,22,24H,4,11-15,17H2,1-3H3,(H,26,29)/t22-,24-/m0/s1. The predicted octanol–water partition coefficient (Wildman–Crippen LogP) is 2.72. The van der Waals surface area contributed by atoms with Gasteiger partial charge in [0.1, 0.15) is 11.5 Å². The summed E-state index contributed by atoms with van der Waals surface area (Å²) in [6.07, 6.45) is 1.54. The molecular weight excluding hydrogens is 406 g/mol. The van der Waals surface area contributed by atoms with E-state index >= 15 is 0 Å². The topological polar surface area (TPSA) is 63.3 Å². The Hall–Kier alpha value is -2.93. The van der Waals surface area contributed by atoms with Crippen molar-refractivity contribution < 1.29 is 19.0 Å². The number of carbonyl (C=O) groups excluding carboxylic acids is 1. The Morgan fingerprint density at radius 2 is 1.78 bits per heavy atom. The number of carbonyl (C=O) groups is 1. The van der Waals surface area contributed by atoms with E-state index in [0.29, 0.717) is 13.2 Å². The maximum Gasteiger partial charge on any atom is 0.225 e. The van der Waals surface area contributed by atoms with Crippen LogP contribution < -0.4 is 24.6 Å². The highest BCUT2D eigenvalue weighted by atomic mass is 16.5. The zero-order valence-corrected chi connectivity index (χ0v) is 19.2. The van der Waals surface area contributed by atoms with Gasteiger partial charge in [-0.15, -0.1) is 0 Å². The molecule has 2 aromatic carbocycles. The number of methoxy groups -OCH3 is 3. The van der Waals surface area contributed by atoms with E-state index < -0.39 is 0 Å². The fourth-order valence-corrected chi connectivity index (χ4v) is 4.79. The number of anilines is 2. The summed E-state index contributed by atoms with van der Waals surface area (Å²) < 4.78 is 15.9. The summed E-state index contributed by atoms with van der Waals surface area (Å²) in [6, 6.07) is 14.4. The van der Waals surface area contributed by atoms with E-state index in [-0.39, 0.29) is 17.9 Å². The van der Waals surface area contributed by atoms with Gasteiger partial charge in [-0.1, -0.05) is 6.07 Å². The fraction of sp³-hybridized carbons (Fsp3) is 0.480. The molecule has 0 bridgehead atoms. The molecular formula is C25H33N3O4. The second-order valence-corrected chi connectivity index (χ2v) is 8.35. The molecule has 0 unspecified atom stereocenters. The van der Waals surface area contributed by atoms with Gasteiger partial charge in [-0.2, -0.15) is 0 Å². The van der Waals surface area contributed by atoms with Crippen LogP contribution in [0.5, 0.6) is 11.5 Å². The molecule has 1 fully saturated rings. The van der Waals surface area contributed by atoms with E-state index in [0.717, 1.165) is 49.7 Å². The van der Waals surface area contributed by atoms with Gasteiger partial charge in [0.15, 0.2) is 0 Å². The fourth-order valence-electron chi connectivity index (χ4n) is 4.79. The lowest BCUT2D eigenvalue weighted by Gasteiger charge is -2.49. The molecule has 0 radical (unpaired) electrons. The number of nitrogens with zero attached hydrogens (tertiary/aromatic N) is 2. The first-order chi connectivity index (χ1) is 15.6. The summed E-state index contributed by atoms with van der Waals surface area (Å²) in [6.45, 7) is 3.81. The molecule has 32 heavy (non-hydrogen) atoms. The van der Waals surface area contributed by atoms with Crippen molar-refractivity contribution in [1.82, 2.24) is 5.32 Å². The molecule has 7 nitrogen and oxygen atoms in total. The monoisotopic (exact) mass is 439 g/mol. The maximum absolute atomic E-state index is 13.2. The second kappa shape index (κ2) is 10.1. The van der Waals surface area contributed by atoms with Gasteiger partial charge in [-0.25, -0.2) is 0 Å². The highest BCUT2D eigenvalue weighted by Gasteiger charge is 2.41. The number of hydrogen-bond acceptors (Lipinski definition) is 6. The number of benzene rings is 2. The van der Waals surface area contributed by atoms with Crippen LogP contribution >= 0.6 is 0 Å². The molecule has 172 valence electrons. The van der Waals surface area contributed by atoms with Crippen LogP contribution in [-0.4, -0.2) is 66.1 Å². The van der Waals surface area contributed by atoms with Gasteiger partial charge < -0.3 is 29.3 Å². The van der Waals surface area contributed by atoms with Gasteiger partial charge >= 0.3 is 0 Å². The summed E-state index contributed by atoms with van der Waals surface area (Å²) in [5, 5.41) is 3.14. The molecule has 2 aromatic rings. The Bertz CT molecular complexity index is 918. The van der Waals surface area contributed by atoms with Crippen LogP contribution in [0.3, 0.4) is 0 Å². The Morgan fingerprint density at radius 1 is 1.03 bits per heavy atom. The lowest BCUT2D eigenvalue weighted by atomic mass is 9.83. The van der Waals surface area contributed by atoms with Crippen LogP contribution in [0.2, 0.25) is 0 Å². The highest BCUT2D eigenvalue weighted by molar-refractivity contribution is 5.82. The summed E-state index contributed by atoms with van der Waals surface area (Å²) in [5.41, 5.74) is 3.55. The second-order valence-electron chi connectivity index (χ2n) is 8.35. The van der Waals surface area contributed by atoms with Gasteiger partial charge in [0.05, 0.1) is 26.2 Å². The molecule has 0 spiro atoms. The highest BCUT2D eigenvalue weighted by Crippen LogP contribution is 2.39. The van der Waals surface area contributed by atoms with Crippen molar-refractivity contribution >= 4 is 17.3 Å². The first-order valence-electron chi connectivity index (χ1n) is 11.2. The van der Waals surface area contributed by atoms with Gasteiger partial charge in [-0.05, 0) is 48.7 Å². The zero-order chi connectivity index (χ0) is 22.5. The number of rotatable bonds is 8. The number of fused-ring (bicyclic) bond motifs is 3. The molecule has 7 heteroatoms. The van der Waals surface area contributed by atoms with E-state index in [4.69, 9.17) is 14.2 Å². The SMILES string of the molecule is COCCCNC(=O)[C@H]1Cc2ccc(OC)cc2N2CCN(c3ccc(OC)cc3)C[C@@H]12. The summed E-state index contributed by atoms with van der Waals surface area (Å²) in [5.74, 6) is 1.70. The number of piperazine rings is 1. The Morgan fingerprint density at radius 3 is 2.50 bits per heavy atom. The van der Waals surface area contributed by atoms with Crippen molar-refractivity contribution in [3.05, 3.63) is 48.0 Å². The molecule has 0 saturated carbocycles. The summed E-state index contributed by atoms with van der Waals surface area (Å²) in [7, 11) is 5.05. The van der Waals surface area contributed by atoms with Crippen LogP contribution in [0.15, 0.2) is 42.5 Å². The molecule has 2 atom stereocenters. The number of ether oxygens (including phenoxy) is 3. The van der Waals surface area contributed by atoms with Crippen LogP contribution in [-0.2, 0) is 16.0 Å². The number of nitrogens with one attached hydrogen (secondary N) is 1. The van der Waals surface area contributed by atoms with Gasteiger partial charge in [0, 0.05) is 57.3 Å². The molecule has 1 amide bonds. The van der Waals surface area contributed by atoms with E-state index in [1.54, 1.807) is 21.3 Å². The summed E-state index contributed by atoms with van der Waals surface area (Å²) >= 11 is 0. The molecule has 0 aliphatic carbocycles. The van der Waals surface area contributed by atoms with E-state index in [2.05, 4.69) is 39.4 Å². The van der Waals surface area contributed by atoms with Crippen molar-refractivity contribution in [2.45, 2.75) is 18.9 Å². The summed E-state index contributed by atoms with van der Waals surface area (Å²) in [4.78, 5) is 18.0. The quantitative estimate of drug-likeness (QED) is 0.638. The van der Waals surface area contributed by atoms with Gasteiger partial charge in [0.25, 0.3) is 0 Å². The maximum atomic E-state index is 13.2. The van der Waals surface area contributed by atoms with Crippen molar-refractivity contribution in [1.29, 1.82) is 0 Å². The third kappa shape index (κ3) is 4.63. The molecule has 2 aliphatic heterocycles. The first kappa shape index (κ1) is 22.3. The number of amides is 1. The third-order valence-corrected chi connectivity index (χ3v) is 6.52. The van der Waals surface area contributed by atoms with E-state index in [9.17, 15) is 4.79 Å². The largest absolute Gasteiger partial charge is 0.497 e. The Balaban J connectivity index is 1.58. The minimum Gasteiger partial charge on any atom is -0.497 e. The normalized spacial score (nSPS) is 19.7. The smallest absolute Gasteiger partial charge is 0.225 e. The van der Waals surface area contributed by atoms with Crippen LogP contribution in [0.25, 0.3) is 0 Å². The minimum absolute atomic E-state index is 0.0906. The van der Waals surface area contributed by atoms with Crippen molar-refractivity contribution in [2.24, 2.45) is 5.92 Å². The predicted molar refractivity (Wildman–Crippen MR) is 126 cm³/mol. The Kier molecular flexibility index (Phi) is 7.05. The van der Waals surface area contributed by atoms with Crippen molar-refractivity contribution in [3.63, 3.8) is 0 Å². The molecule has 1 saturated heterocycles. The van der Waals surface area contributed by atoms with Crippen molar-refractivity contribution in [3.8, 4) is 11.5 Å². The van der Waals surface area contributed by atoms with E-state index in [1.807, 2.05) is 18.2 Å². The molecule has 2 heterocycles. The molecule has 1 N–H and O–H groups in total. The molecule has 4 rings (SSSR count). The van der Waals surface area contributed by atoms with Crippen molar-refractivity contribution in [2.75, 3.05) is 63.9 Å². The third-order valence-electron chi connectivity index (χ3n) is 6.52. The van der Waals surface area contributed by atoms with Crippen LogP contribution in [0.4, 0.5) is 11.4 Å². The average Bonchev–Trinajstić information content (AvgIpc) is 2.85. The van der Waals surface area contributed by atoms with Crippen LogP contribution in [0, 0.1) is 5.92 Å². The van der Waals surface area contributed by atoms with Crippen LogP contribution in [0.1, 0.15) is 12.0 Å². The Labute approximate surface area is 190 Å². The first-order valence-corrected chi connectivity index (χ1v) is 11.2. The van der Waals surface area contributed by atoms with E-state index in [1.165, 1.54) is 11.3 Å². The molecule has 0 aromatic heterocycles. The van der Waals surface area contributed by atoms with Gasteiger partial charge in [-0.3, -0.25) is 4.79 Å². The number of hydrogen-bond donors (Lipinski definition) is 1. The average molecular weight is 440 g/mol. The van der Waals surface area contributed by atoms with Gasteiger partial charge in [0.2, 0.25) is 5.91 Å². The minimum atomic E-state index is -0.112. The lowest BCUT2D eigenvalue weighted by molar-refractivity contribution is -0.125. The lowest BCUT2D eigenvalue weighted by Crippen LogP contribution is -2.61. The molecule has 2 aliphatic rings.